The van der Waals surface area contributed by atoms with Crippen LogP contribution in [-0.4, -0.2) is 23.5 Å². The minimum absolute atomic E-state index is 0.570. The van der Waals surface area contributed by atoms with Crippen LogP contribution in [0, 0.1) is 5.92 Å². The highest BCUT2D eigenvalue weighted by atomic mass is 32.1. The lowest BCUT2D eigenvalue weighted by Crippen LogP contribution is -2.33. The van der Waals surface area contributed by atoms with Gasteiger partial charge in [-0.2, -0.15) is 0 Å². The fourth-order valence-corrected chi connectivity index (χ4v) is 5.03. The minimum Gasteiger partial charge on any atom is -0.310 e. The van der Waals surface area contributed by atoms with Crippen LogP contribution in [0.5, 0.6) is 0 Å². The van der Waals surface area contributed by atoms with E-state index in [1.165, 1.54) is 56.5 Å². The molecular weight excluding hydrogens is 276 g/mol. The molecule has 3 rings (SSSR count). The molecule has 3 heteroatoms. The Labute approximate surface area is 133 Å². The van der Waals surface area contributed by atoms with Gasteiger partial charge in [0, 0.05) is 34.9 Å². The fraction of sp³-hybridized carbons (Fsp3) is 0.778. The molecule has 2 aliphatic rings. The predicted molar refractivity (Wildman–Crippen MR) is 91.7 cm³/mol. The zero-order valence-electron chi connectivity index (χ0n) is 13.6. The van der Waals surface area contributed by atoms with Crippen LogP contribution in [0.25, 0.3) is 0 Å². The average molecular weight is 307 g/mol. The number of rotatable bonds is 6. The Kier molecular flexibility index (Phi) is 5.36. The lowest BCUT2D eigenvalue weighted by atomic mass is 9.96. The Morgan fingerprint density at radius 2 is 1.90 bits per heavy atom. The number of nitrogens with zero attached hydrogens (tertiary/aromatic N) is 1. The third-order valence-electron chi connectivity index (χ3n) is 5.12. The molecule has 2 heterocycles. The molecule has 0 amide bonds. The largest absolute Gasteiger partial charge is 0.310 e. The van der Waals surface area contributed by atoms with Crippen LogP contribution >= 0.6 is 11.3 Å². The summed E-state index contributed by atoms with van der Waals surface area (Å²) in [6.45, 7) is 7.95. The summed E-state index contributed by atoms with van der Waals surface area (Å²) >= 11 is 2.00. The number of nitrogens with one attached hydrogen (secondary N) is 1. The van der Waals surface area contributed by atoms with Crippen molar-refractivity contribution in [1.82, 2.24) is 10.2 Å². The molecule has 1 unspecified atom stereocenters. The molecule has 0 radical (unpaired) electrons. The second kappa shape index (κ2) is 7.26. The van der Waals surface area contributed by atoms with E-state index in [0.717, 1.165) is 18.5 Å². The molecule has 1 saturated carbocycles. The molecule has 1 aromatic rings. The normalized spacial score (nSPS) is 24.4. The highest BCUT2D eigenvalue weighted by molar-refractivity contribution is 7.11. The number of thiophene rings is 1. The molecule has 2 fully saturated rings. The van der Waals surface area contributed by atoms with E-state index in [-0.39, 0.29) is 0 Å². The molecule has 1 saturated heterocycles. The van der Waals surface area contributed by atoms with Gasteiger partial charge in [-0.15, -0.1) is 11.3 Å². The quantitative estimate of drug-likeness (QED) is 0.838. The van der Waals surface area contributed by atoms with Gasteiger partial charge in [0.25, 0.3) is 0 Å². The summed E-state index contributed by atoms with van der Waals surface area (Å²) in [4.78, 5) is 5.82. The molecule has 1 aliphatic carbocycles. The first-order valence-corrected chi connectivity index (χ1v) is 9.59. The summed E-state index contributed by atoms with van der Waals surface area (Å²) in [5.41, 5.74) is 0. The minimum atomic E-state index is 0.570. The summed E-state index contributed by atoms with van der Waals surface area (Å²) in [6, 6.07) is 6.12. The average Bonchev–Trinajstić information content (AvgIpc) is 3.18. The zero-order chi connectivity index (χ0) is 14.7. The third-order valence-corrected chi connectivity index (χ3v) is 6.19. The molecule has 0 bridgehead atoms. The van der Waals surface area contributed by atoms with E-state index in [2.05, 4.69) is 36.2 Å². The van der Waals surface area contributed by atoms with Gasteiger partial charge < -0.3 is 5.32 Å². The lowest BCUT2D eigenvalue weighted by Gasteiger charge is -2.28. The van der Waals surface area contributed by atoms with Crippen molar-refractivity contribution in [2.75, 3.05) is 6.54 Å². The van der Waals surface area contributed by atoms with Crippen LogP contribution in [0.1, 0.15) is 62.1 Å². The number of hydrogen-bond acceptors (Lipinski definition) is 3. The van der Waals surface area contributed by atoms with Gasteiger partial charge in [0.2, 0.25) is 0 Å². The SMILES string of the molecule is CC(C)NCc1ccc(CN2CCCC2C2CCCC2)s1. The summed E-state index contributed by atoms with van der Waals surface area (Å²) in [5.74, 6) is 0.995. The van der Waals surface area contributed by atoms with Crippen molar-refractivity contribution in [3.63, 3.8) is 0 Å². The molecule has 1 atom stereocenters. The second-order valence-corrected chi connectivity index (χ2v) is 8.38. The van der Waals surface area contributed by atoms with Crippen molar-refractivity contribution in [3.05, 3.63) is 21.9 Å². The molecule has 2 nitrogen and oxygen atoms in total. The fourth-order valence-electron chi connectivity index (χ4n) is 4.03. The molecule has 1 aromatic heterocycles. The second-order valence-electron chi connectivity index (χ2n) is 7.13. The van der Waals surface area contributed by atoms with Crippen LogP contribution in [-0.2, 0) is 13.1 Å². The summed E-state index contributed by atoms with van der Waals surface area (Å²) < 4.78 is 0. The Hall–Kier alpha value is -0.380. The van der Waals surface area contributed by atoms with E-state index >= 15 is 0 Å². The van der Waals surface area contributed by atoms with Crippen LogP contribution in [0.4, 0.5) is 0 Å². The number of likely N-dealkylation sites (tertiary alicyclic amines) is 1. The topological polar surface area (TPSA) is 15.3 Å². The van der Waals surface area contributed by atoms with Crippen LogP contribution < -0.4 is 5.32 Å². The molecule has 0 aromatic carbocycles. The first kappa shape index (κ1) is 15.5. The molecule has 118 valence electrons. The third kappa shape index (κ3) is 4.08. The monoisotopic (exact) mass is 306 g/mol. The zero-order valence-corrected chi connectivity index (χ0v) is 14.4. The Balaban J connectivity index is 1.55. The van der Waals surface area contributed by atoms with E-state index in [1.807, 2.05) is 11.3 Å². The highest BCUT2D eigenvalue weighted by Gasteiger charge is 2.33. The van der Waals surface area contributed by atoms with Crippen molar-refractivity contribution in [3.8, 4) is 0 Å². The molecule has 21 heavy (non-hydrogen) atoms. The maximum atomic E-state index is 3.52. The molecule has 1 aliphatic heterocycles. The Bertz CT molecular complexity index is 434. The van der Waals surface area contributed by atoms with Crippen molar-refractivity contribution in [2.24, 2.45) is 5.92 Å². The Morgan fingerprint density at radius 3 is 2.67 bits per heavy atom. The smallest absolute Gasteiger partial charge is 0.0331 e. The molecular formula is C18H30N2S. The van der Waals surface area contributed by atoms with E-state index in [4.69, 9.17) is 0 Å². The van der Waals surface area contributed by atoms with E-state index < -0.39 is 0 Å². The van der Waals surface area contributed by atoms with Gasteiger partial charge in [0.1, 0.15) is 0 Å². The first-order chi connectivity index (χ1) is 10.2. The van der Waals surface area contributed by atoms with Crippen LogP contribution in [0.15, 0.2) is 12.1 Å². The molecule has 0 spiro atoms. The standard InChI is InChI=1S/C18H30N2S/c1-14(2)19-12-16-9-10-17(21-16)13-20-11-5-8-18(20)15-6-3-4-7-15/h9-10,14-15,18-19H,3-8,11-13H2,1-2H3. The first-order valence-electron chi connectivity index (χ1n) is 8.77. The van der Waals surface area contributed by atoms with Crippen LogP contribution in [0.2, 0.25) is 0 Å². The van der Waals surface area contributed by atoms with Gasteiger partial charge in [-0.05, 0) is 50.3 Å². The number of hydrogen-bond donors (Lipinski definition) is 1. The van der Waals surface area contributed by atoms with Crippen molar-refractivity contribution < 1.29 is 0 Å². The van der Waals surface area contributed by atoms with E-state index in [0.29, 0.717) is 6.04 Å². The van der Waals surface area contributed by atoms with Gasteiger partial charge >= 0.3 is 0 Å². The van der Waals surface area contributed by atoms with Crippen molar-refractivity contribution in [2.45, 2.75) is 77.5 Å². The Morgan fingerprint density at radius 1 is 1.14 bits per heavy atom. The van der Waals surface area contributed by atoms with Crippen molar-refractivity contribution in [1.29, 1.82) is 0 Å². The predicted octanol–water partition coefficient (Wildman–Crippen LogP) is 4.40. The van der Waals surface area contributed by atoms with Crippen molar-refractivity contribution >= 4 is 11.3 Å². The van der Waals surface area contributed by atoms with Gasteiger partial charge in [-0.3, -0.25) is 4.90 Å². The summed E-state index contributed by atoms with van der Waals surface area (Å²) in [5, 5.41) is 3.52. The highest BCUT2D eigenvalue weighted by Crippen LogP contribution is 2.36. The molecule has 1 N–H and O–H groups in total. The van der Waals surface area contributed by atoms with Crippen LogP contribution in [0.3, 0.4) is 0 Å². The van der Waals surface area contributed by atoms with E-state index in [9.17, 15) is 0 Å². The van der Waals surface area contributed by atoms with Gasteiger partial charge in [0.05, 0.1) is 0 Å². The van der Waals surface area contributed by atoms with Gasteiger partial charge in [-0.25, -0.2) is 0 Å². The lowest BCUT2D eigenvalue weighted by molar-refractivity contribution is 0.184. The summed E-state index contributed by atoms with van der Waals surface area (Å²) in [7, 11) is 0. The van der Waals surface area contributed by atoms with E-state index in [1.54, 1.807) is 4.88 Å². The maximum Gasteiger partial charge on any atom is 0.0331 e. The maximum absolute atomic E-state index is 3.52. The summed E-state index contributed by atoms with van der Waals surface area (Å²) in [6.07, 6.45) is 8.76. The van der Waals surface area contributed by atoms with Gasteiger partial charge in [0.15, 0.2) is 0 Å². The van der Waals surface area contributed by atoms with Gasteiger partial charge in [-0.1, -0.05) is 26.7 Å².